The zero-order valence-corrected chi connectivity index (χ0v) is 15.9. The van der Waals surface area contributed by atoms with Crippen LogP contribution >= 0.6 is 0 Å². The van der Waals surface area contributed by atoms with Crippen LogP contribution in [-0.2, 0) is 9.59 Å². The number of piperidine rings is 1. The molecule has 0 aromatic carbocycles. The second-order valence-electron chi connectivity index (χ2n) is 8.34. The van der Waals surface area contributed by atoms with Gasteiger partial charge >= 0.3 is 0 Å². The highest BCUT2D eigenvalue weighted by Gasteiger charge is 2.36. The van der Waals surface area contributed by atoms with E-state index in [4.69, 9.17) is 5.73 Å². The number of carbonyl (C=O) groups is 2. The Morgan fingerprint density at radius 2 is 1.84 bits per heavy atom. The van der Waals surface area contributed by atoms with Gasteiger partial charge in [0, 0.05) is 45.7 Å². The number of nitrogens with two attached hydrogens (primary N) is 1. The lowest BCUT2D eigenvalue weighted by Crippen LogP contribution is -2.52. The lowest BCUT2D eigenvalue weighted by Gasteiger charge is -2.38. The van der Waals surface area contributed by atoms with Crippen molar-refractivity contribution in [1.29, 1.82) is 0 Å². The van der Waals surface area contributed by atoms with Crippen LogP contribution < -0.4 is 11.1 Å². The van der Waals surface area contributed by atoms with Gasteiger partial charge in [0.15, 0.2) is 0 Å². The fourth-order valence-electron chi connectivity index (χ4n) is 3.89. The molecule has 2 aliphatic heterocycles. The Labute approximate surface area is 150 Å². The summed E-state index contributed by atoms with van der Waals surface area (Å²) in [6.45, 7) is 8.61. The van der Waals surface area contributed by atoms with Crippen LogP contribution in [0.4, 0.5) is 0 Å². The molecule has 25 heavy (non-hydrogen) atoms. The van der Waals surface area contributed by atoms with E-state index in [0.717, 1.165) is 32.4 Å². The van der Waals surface area contributed by atoms with Crippen LogP contribution in [0.1, 0.15) is 52.9 Å². The Balaban J connectivity index is 1.84. The SMILES string of the molecule is CC(=O)NC1CCN(C[C@]2(O)CCCN(C(=O)C(C)(C)N)CC2)CC1. The maximum absolute atomic E-state index is 12.4. The van der Waals surface area contributed by atoms with Crippen LogP contribution in [0.15, 0.2) is 0 Å². The van der Waals surface area contributed by atoms with Crippen LogP contribution in [0.5, 0.6) is 0 Å². The van der Waals surface area contributed by atoms with E-state index in [-0.39, 0.29) is 17.9 Å². The van der Waals surface area contributed by atoms with Crippen molar-refractivity contribution < 1.29 is 14.7 Å². The molecule has 2 rings (SSSR count). The minimum Gasteiger partial charge on any atom is -0.388 e. The van der Waals surface area contributed by atoms with Gasteiger partial charge in [0.1, 0.15) is 0 Å². The smallest absolute Gasteiger partial charge is 0.242 e. The summed E-state index contributed by atoms with van der Waals surface area (Å²) in [7, 11) is 0. The quantitative estimate of drug-likeness (QED) is 0.663. The lowest BCUT2D eigenvalue weighted by molar-refractivity contribution is -0.136. The molecule has 0 unspecified atom stereocenters. The van der Waals surface area contributed by atoms with Gasteiger partial charge in [0.25, 0.3) is 0 Å². The molecule has 2 amide bonds. The fourth-order valence-corrected chi connectivity index (χ4v) is 3.89. The maximum Gasteiger partial charge on any atom is 0.242 e. The topological polar surface area (TPSA) is 98.9 Å². The van der Waals surface area contributed by atoms with E-state index in [0.29, 0.717) is 32.5 Å². The van der Waals surface area contributed by atoms with Gasteiger partial charge in [-0.05, 0) is 46.0 Å². The van der Waals surface area contributed by atoms with Gasteiger partial charge in [-0.1, -0.05) is 0 Å². The molecule has 4 N–H and O–H groups in total. The van der Waals surface area contributed by atoms with E-state index >= 15 is 0 Å². The van der Waals surface area contributed by atoms with Gasteiger partial charge in [0.05, 0.1) is 11.1 Å². The zero-order valence-electron chi connectivity index (χ0n) is 15.9. The number of rotatable bonds is 4. The highest BCUT2D eigenvalue weighted by Crippen LogP contribution is 2.26. The minimum atomic E-state index is -0.867. The van der Waals surface area contributed by atoms with Crippen LogP contribution in [0, 0.1) is 0 Å². The molecule has 0 saturated carbocycles. The molecule has 0 spiro atoms. The largest absolute Gasteiger partial charge is 0.388 e. The minimum absolute atomic E-state index is 0.0217. The molecule has 0 aliphatic carbocycles. The van der Waals surface area contributed by atoms with Gasteiger partial charge in [-0.3, -0.25) is 9.59 Å². The average molecular weight is 354 g/mol. The van der Waals surface area contributed by atoms with Crippen molar-refractivity contribution in [3.63, 3.8) is 0 Å². The molecule has 0 aromatic rings. The predicted octanol–water partition coefficient (Wildman–Crippen LogP) is 0.0678. The molecule has 7 heteroatoms. The molecular formula is C18H34N4O3. The van der Waals surface area contributed by atoms with E-state index in [1.54, 1.807) is 25.7 Å². The number of nitrogens with zero attached hydrogens (tertiary/aromatic N) is 2. The number of carbonyl (C=O) groups excluding carboxylic acids is 2. The third-order valence-corrected chi connectivity index (χ3v) is 5.27. The van der Waals surface area contributed by atoms with E-state index in [1.807, 2.05) is 0 Å². The molecule has 2 saturated heterocycles. The molecule has 2 heterocycles. The summed E-state index contributed by atoms with van der Waals surface area (Å²) in [5, 5.41) is 14.0. The molecule has 2 fully saturated rings. The summed E-state index contributed by atoms with van der Waals surface area (Å²) in [6.07, 6.45) is 3.91. The van der Waals surface area contributed by atoms with Gasteiger partial charge in [-0.15, -0.1) is 0 Å². The zero-order chi connectivity index (χ0) is 18.7. The number of likely N-dealkylation sites (tertiary alicyclic amines) is 2. The van der Waals surface area contributed by atoms with Crippen LogP contribution in [-0.4, -0.2) is 76.6 Å². The summed E-state index contributed by atoms with van der Waals surface area (Å²) in [4.78, 5) is 27.6. The molecule has 144 valence electrons. The second kappa shape index (κ2) is 8.01. The fraction of sp³-hybridized carbons (Fsp3) is 0.889. The van der Waals surface area contributed by atoms with E-state index in [9.17, 15) is 14.7 Å². The summed E-state index contributed by atoms with van der Waals surface area (Å²) in [6, 6.07) is 0.248. The van der Waals surface area contributed by atoms with Crippen molar-refractivity contribution in [2.75, 3.05) is 32.7 Å². The number of amides is 2. The summed E-state index contributed by atoms with van der Waals surface area (Å²) in [5.74, 6) is -0.0266. The molecule has 7 nitrogen and oxygen atoms in total. The molecule has 0 aromatic heterocycles. The van der Waals surface area contributed by atoms with Gasteiger partial charge in [-0.2, -0.15) is 0 Å². The highest BCUT2D eigenvalue weighted by atomic mass is 16.3. The Hall–Kier alpha value is -1.18. The summed E-state index contributed by atoms with van der Waals surface area (Å²) < 4.78 is 0. The Kier molecular flexibility index (Phi) is 6.45. The van der Waals surface area contributed by atoms with Crippen molar-refractivity contribution >= 4 is 11.8 Å². The van der Waals surface area contributed by atoms with E-state index in [1.165, 1.54) is 0 Å². The third kappa shape index (κ3) is 5.94. The summed E-state index contributed by atoms with van der Waals surface area (Å²) in [5.41, 5.74) is 4.31. The van der Waals surface area contributed by atoms with Crippen LogP contribution in [0.2, 0.25) is 0 Å². The van der Waals surface area contributed by atoms with Gasteiger partial charge in [0.2, 0.25) is 11.8 Å². The first-order chi connectivity index (χ1) is 11.6. The lowest BCUT2D eigenvalue weighted by atomic mass is 9.93. The molecule has 0 bridgehead atoms. The first kappa shape index (κ1) is 20.1. The second-order valence-corrected chi connectivity index (χ2v) is 8.34. The highest BCUT2D eigenvalue weighted by molar-refractivity contribution is 5.85. The third-order valence-electron chi connectivity index (χ3n) is 5.27. The van der Waals surface area contributed by atoms with Crippen molar-refractivity contribution in [3.8, 4) is 0 Å². The Morgan fingerprint density at radius 3 is 2.40 bits per heavy atom. The number of nitrogens with one attached hydrogen (secondary N) is 1. The predicted molar refractivity (Wildman–Crippen MR) is 96.9 cm³/mol. The first-order valence-corrected chi connectivity index (χ1v) is 9.39. The normalized spacial score (nSPS) is 27.0. The van der Waals surface area contributed by atoms with Crippen molar-refractivity contribution in [2.45, 2.75) is 70.1 Å². The van der Waals surface area contributed by atoms with E-state index in [2.05, 4.69) is 10.2 Å². The van der Waals surface area contributed by atoms with Crippen LogP contribution in [0.3, 0.4) is 0 Å². The maximum atomic E-state index is 12.4. The standard InChI is InChI=1S/C18H34N4O3/c1-14(23)20-15-5-10-21(11-6-15)13-18(25)7-4-9-22(12-8-18)16(24)17(2,3)19/h15,25H,4-13,19H2,1-3H3,(H,20,23)/t18-/m0/s1. The van der Waals surface area contributed by atoms with Crippen molar-refractivity contribution in [1.82, 2.24) is 15.1 Å². The van der Waals surface area contributed by atoms with Crippen molar-refractivity contribution in [3.05, 3.63) is 0 Å². The average Bonchev–Trinajstić information content (AvgIpc) is 2.69. The Morgan fingerprint density at radius 1 is 1.20 bits per heavy atom. The van der Waals surface area contributed by atoms with E-state index < -0.39 is 11.1 Å². The first-order valence-electron chi connectivity index (χ1n) is 9.39. The number of hydrogen-bond acceptors (Lipinski definition) is 5. The molecular weight excluding hydrogens is 320 g/mol. The molecule has 2 aliphatic rings. The summed E-state index contributed by atoms with van der Waals surface area (Å²) >= 11 is 0. The van der Waals surface area contributed by atoms with Gasteiger partial charge < -0.3 is 26.0 Å². The monoisotopic (exact) mass is 354 g/mol. The van der Waals surface area contributed by atoms with Crippen molar-refractivity contribution in [2.24, 2.45) is 5.73 Å². The number of hydrogen-bond donors (Lipinski definition) is 3. The number of β-amino-alcohol motifs (C(OH)–C–C–N with tert-alkyl or cyclic N) is 1. The number of aliphatic hydroxyl groups is 1. The van der Waals surface area contributed by atoms with Gasteiger partial charge in [-0.25, -0.2) is 0 Å². The van der Waals surface area contributed by atoms with Crippen LogP contribution in [0.25, 0.3) is 0 Å². The molecule has 1 atom stereocenters. The Bertz CT molecular complexity index is 483. The molecule has 0 radical (unpaired) electrons.